The van der Waals surface area contributed by atoms with Crippen LogP contribution in [0.2, 0.25) is 0 Å². The summed E-state index contributed by atoms with van der Waals surface area (Å²) in [5.41, 5.74) is 0.887. The van der Waals surface area contributed by atoms with Gasteiger partial charge in [-0.3, -0.25) is 4.79 Å². The number of anilines is 1. The van der Waals surface area contributed by atoms with Crippen molar-refractivity contribution in [2.75, 3.05) is 11.9 Å². The molecule has 1 heterocycles. The zero-order chi connectivity index (χ0) is 14.5. The van der Waals surface area contributed by atoms with Crippen LogP contribution in [0.25, 0.3) is 0 Å². The van der Waals surface area contributed by atoms with Crippen LogP contribution in [0.4, 0.5) is 5.69 Å². The number of carbonyl (C=O) groups is 2. The molecule has 2 aromatic rings. The van der Waals surface area contributed by atoms with Gasteiger partial charge >= 0.3 is 5.97 Å². The van der Waals surface area contributed by atoms with E-state index >= 15 is 0 Å². The molecule has 0 aliphatic carbocycles. The van der Waals surface area contributed by atoms with Gasteiger partial charge in [0.05, 0.1) is 6.61 Å². The Kier molecular flexibility index (Phi) is 5.07. The number of aromatic nitrogens is 1. The zero-order valence-electron chi connectivity index (χ0n) is 10.6. The lowest BCUT2D eigenvalue weighted by Gasteiger charge is -2.02. The van der Waals surface area contributed by atoms with Gasteiger partial charge in [0.15, 0.2) is 0 Å². The van der Waals surface area contributed by atoms with E-state index in [2.05, 4.69) is 32.9 Å². The maximum Gasteiger partial charge on any atom is 0.367 e. The Morgan fingerprint density at radius 3 is 2.70 bits per heavy atom. The second-order valence-corrected chi connectivity index (χ2v) is 5.82. The number of amides is 1. The summed E-state index contributed by atoms with van der Waals surface area (Å²) in [5.74, 6) is -0.858. The third kappa shape index (κ3) is 3.76. The average molecular weight is 402 g/mol. The number of halogens is 1. The first-order chi connectivity index (χ1) is 9.60. The minimum atomic E-state index is -0.509. The lowest BCUT2D eigenvalue weighted by molar-refractivity contribution is 0.0526. The molecule has 0 fully saturated rings. The van der Waals surface area contributed by atoms with Gasteiger partial charge in [0.2, 0.25) is 5.01 Å². The minimum Gasteiger partial charge on any atom is -0.461 e. The molecule has 1 aromatic heterocycles. The molecule has 104 valence electrons. The highest BCUT2D eigenvalue weighted by Gasteiger charge is 2.16. The molecule has 0 spiro atoms. The largest absolute Gasteiger partial charge is 0.461 e. The van der Waals surface area contributed by atoms with Crippen molar-refractivity contribution in [3.63, 3.8) is 0 Å². The van der Waals surface area contributed by atoms with Crippen LogP contribution in [0.15, 0.2) is 29.6 Å². The van der Waals surface area contributed by atoms with Crippen LogP contribution in [-0.4, -0.2) is 23.5 Å². The molecule has 0 radical (unpaired) electrons. The van der Waals surface area contributed by atoms with Crippen LogP contribution in [-0.2, 0) is 4.74 Å². The van der Waals surface area contributed by atoms with Crippen LogP contribution < -0.4 is 5.32 Å². The van der Waals surface area contributed by atoms with Crippen molar-refractivity contribution < 1.29 is 14.3 Å². The number of benzene rings is 1. The van der Waals surface area contributed by atoms with E-state index in [4.69, 9.17) is 4.74 Å². The Balaban J connectivity index is 2.06. The van der Waals surface area contributed by atoms with Gasteiger partial charge in [0.25, 0.3) is 5.91 Å². The quantitative estimate of drug-likeness (QED) is 0.630. The molecule has 0 bridgehead atoms. The molecule has 0 atom stereocenters. The minimum absolute atomic E-state index is 0.180. The number of esters is 1. The maximum absolute atomic E-state index is 12.0. The van der Waals surface area contributed by atoms with Crippen LogP contribution in [0.1, 0.15) is 27.2 Å². The average Bonchev–Trinajstić information content (AvgIpc) is 2.91. The van der Waals surface area contributed by atoms with Crippen molar-refractivity contribution in [2.24, 2.45) is 0 Å². The molecule has 5 nitrogen and oxygen atoms in total. The van der Waals surface area contributed by atoms with Gasteiger partial charge in [-0.2, -0.15) is 0 Å². The summed E-state index contributed by atoms with van der Waals surface area (Å²) in [5, 5.41) is 4.44. The molecule has 0 saturated carbocycles. The number of thiazole rings is 1. The Hall–Kier alpha value is -1.48. The topological polar surface area (TPSA) is 68.3 Å². The van der Waals surface area contributed by atoms with E-state index in [9.17, 15) is 9.59 Å². The van der Waals surface area contributed by atoms with Crippen LogP contribution in [0.3, 0.4) is 0 Å². The molecular formula is C13H11IN2O3S. The first kappa shape index (κ1) is 14.9. The molecule has 1 amide bonds. The van der Waals surface area contributed by atoms with Gasteiger partial charge in [-0.1, -0.05) is 0 Å². The van der Waals surface area contributed by atoms with E-state index in [1.807, 2.05) is 12.1 Å². The summed E-state index contributed by atoms with van der Waals surface area (Å²) < 4.78 is 5.91. The summed E-state index contributed by atoms with van der Waals surface area (Å²) in [7, 11) is 0. The standard InChI is InChI=1S/C13H11IN2O3S/c1-2-19-13(18)12-16-10(7-20-12)11(17)15-9-5-3-8(14)4-6-9/h3-7H,2H2,1H3,(H,15,17). The predicted octanol–water partition coefficient (Wildman–Crippen LogP) is 3.18. The zero-order valence-corrected chi connectivity index (χ0v) is 13.5. The molecule has 7 heteroatoms. The molecule has 0 saturated heterocycles. The normalized spacial score (nSPS) is 10.1. The van der Waals surface area contributed by atoms with Gasteiger partial charge < -0.3 is 10.1 Å². The number of ether oxygens (including phenoxy) is 1. The Morgan fingerprint density at radius 2 is 2.05 bits per heavy atom. The van der Waals surface area contributed by atoms with Crippen molar-refractivity contribution in [2.45, 2.75) is 6.92 Å². The lowest BCUT2D eigenvalue weighted by Crippen LogP contribution is -2.13. The van der Waals surface area contributed by atoms with Crippen LogP contribution in [0, 0.1) is 3.57 Å². The van der Waals surface area contributed by atoms with Gasteiger partial charge in [-0.25, -0.2) is 9.78 Å². The van der Waals surface area contributed by atoms with Gasteiger partial charge in [-0.05, 0) is 53.8 Å². The van der Waals surface area contributed by atoms with Crippen molar-refractivity contribution in [1.29, 1.82) is 0 Å². The van der Waals surface area contributed by atoms with Crippen LogP contribution in [0.5, 0.6) is 0 Å². The lowest BCUT2D eigenvalue weighted by atomic mass is 10.3. The van der Waals surface area contributed by atoms with Crippen molar-refractivity contribution >= 4 is 51.5 Å². The van der Waals surface area contributed by atoms with Crippen LogP contribution >= 0.6 is 33.9 Å². The van der Waals surface area contributed by atoms with Gasteiger partial charge in [0.1, 0.15) is 5.69 Å². The van der Waals surface area contributed by atoms with Crippen molar-refractivity contribution in [1.82, 2.24) is 4.98 Å². The highest BCUT2D eigenvalue weighted by molar-refractivity contribution is 14.1. The number of hydrogen-bond donors (Lipinski definition) is 1. The third-order valence-corrected chi connectivity index (χ3v) is 3.83. The second kappa shape index (κ2) is 6.80. The van der Waals surface area contributed by atoms with E-state index in [0.29, 0.717) is 5.69 Å². The summed E-state index contributed by atoms with van der Waals surface area (Å²) in [6.07, 6.45) is 0. The maximum atomic E-state index is 12.0. The van der Waals surface area contributed by atoms with E-state index in [-0.39, 0.29) is 23.2 Å². The third-order valence-electron chi connectivity index (χ3n) is 2.29. The van der Waals surface area contributed by atoms with Gasteiger partial charge in [0, 0.05) is 14.6 Å². The molecule has 1 aromatic carbocycles. The molecule has 0 aliphatic heterocycles. The highest BCUT2D eigenvalue weighted by Crippen LogP contribution is 2.15. The Labute approximate surface area is 133 Å². The highest BCUT2D eigenvalue weighted by atomic mass is 127. The molecule has 0 aliphatic rings. The number of carbonyl (C=O) groups excluding carboxylic acids is 2. The second-order valence-electron chi connectivity index (χ2n) is 3.72. The first-order valence-corrected chi connectivity index (χ1v) is 7.75. The molecule has 2 rings (SSSR count). The van der Waals surface area contributed by atoms with E-state index in [0.717, 1.165) is 14.9 Å². The van der Waals surface area contributed by atoms with E-state index in [1.54, 1.807) is 19.1 Å². The summed E-state index contributed by atoms with van der Waals surface area (Å²) >= 11 is 3.28. The summed E-state index contributed by atoms with van der Waals surface area (Å²) in [6, 6.07) is 7.39. The predicted molar refractivity (Wildman–Crippen MR) is 85.2 cm³/mol. The van der Waals surface area contributed by atoms with Gasteiger partial charge in [-0.15, -0.1) is 11.3 Å². The fraction of sp³-hybridized carbons (Fsp3) is 0.154. The Bertz CT molecular complexity index is 625. The van der Waals surface area contributed by atoms with E-state index < -0.39 is 5.97 Å². The fourth-order valence-corrected chi connectivity index (χ4v) is 2.44. The fourth-order valence-electron chi connectivity index (χ4n) is 1.39. The molecule has 20 heavy (non-hydrogen) atoms. The smallest absolute Gasteiger partial charge is 0.367 e. The number of nitrogens with one attached hydrogen (secondary N) is 1. The number of nitrogens with zero attached hydrogens (tertiary/aromatic N) is 1. The Morgan fingerprint density at radius 1 is 1.35 bits per heavy atom. The molecule has 0 unspecified atom stereocenters. The van der Waals surface area contributed by atoms with Crippen molar-refractivity contribution in [3.05, 3.63) is 43.9 Å². The SMILES string of the molecule is CCOC(=O)c1nc(C(=O)Nc2ccc(I)cc2)cs1. The first-order valence-electron chi connectivity index (χ1n) is 5.79. The summed E-state index contributed by atoms with van der Waals surface area (Å²) in [4.78, 5) is 27.4. The molecule has 1 N–H and O–H groups in total. The molecular weight excluding hydrogens is 391 g/mol. The van der Waals surface area contributed by atoms with Crippen molar-refractivity contribution in [3.8, 4) is 0 Å². The number of hydrogen-bond acceptors (Lipinski definition) is 5. The number of rotatable bonds is 4. The monoisotopic (exact) mass is 402 g/mol. The van der Waals surface area contributed by atoms with E-state index in [1.165, 1.54) is 5.38 Å². The summed E-state index contributed by atoms with van der Waals surface area (Å²) in [6.45, 7) is 2.00.